The molecular formula is C13H17NO5S. The minimum absolute atomic E-state index is 0.303. The van der Waals surface area contributed by atoms with Crippen molar-refractivity contribution in [2.75, 3.05) is 27.6 Å². The third kappa shape index (κ3) is 2.72. The monoisotopic (exact) mass is 299 g/mol. The van der Waals surface area contributed by atoms with Gasteiger partial charge < -0.3 is 14.2 Å². The number of esters is 2. The number of methoxy groups -OCH3 is 3. The highest BCUT2D eigenvalue weighted by Gasteiger charge is 2.47. The molecule has 0 saturated heterocycles. The molecule has 0 aromatic carbocycles. The van der Waals surface area contributed by atoms with Gasteiger partial charge in [0, 0.05) is 22.7 Å². The van der Waals surface area contributed by atoms with Crippen LogP contribution in [-0.2, 0) is 24.5 Å². The maximum Gasteiger partial charge on any atom is 0.327 e. The van der Waals surface area contributed by atoms with Crippen LogP contribution in [0.4, 0.5) is 0 Å². The molecule has 0 spiro atoms. The lowest BCUT2D eigenvalue weighted by Gasteiger charge is -2.26. The molecular weight excluding hydrogens is 282 g/mol. The van der Waals surface area contributed by atoms with E-state index in [1.54, 1.807) is 12.3 Å². The molecule has 0 bridgehead atoms. The first kappa shape index (κ1) is 16.3. The number of carbonyl (C=O) groups excluding carboxylic acids is 2. The summed E-state index contributed by atoms with van der Waals surface area (Å²) >= 11 is 1.36. The molecule has 6 nitrogen and oxygen atoms in total. The number of thioether (sulfide) groups is 1. The van der Waals surface area contributed by atoms with E-state index in [-0.39, 0.29) is 0 Å². The Labute approximate surface area is 121 Å². The lowest BCUT2D eigenvalue weighted by molar-refractivity contribution is -0.161. The van der Waals surface area contributed by atoms with E-state index in [0.717, 1.165) is 0 Å². The van der Waals surface area contributed by atoms with E-state index < -0.39 is 17.4 Å². The largest absolute Gasteiger partial charge is 0.481 e. The third-order valence-corrected chi connectivity index (χ3v) is 3.76. The fourth-order valence-electron chi connectivity index (χ4n) is 1.80. The molecule has 110 valence electrons. The number of carbonyl (C=O) groups is 2. The lowest BCUT2D eigenvalue weighted by atomic mass is 9.83. The van der Waals surface area contributed by atoms with Crippen LogP contribution in [0.5, 0.6) is 5.88 Å². The molecule has 1 aromatic rings. The van der Waals surface area contributed by atoms with E-state index >= 15 is 0 Å². The van der Waals surface area contributed by atoms with Crippen molar-refractivity contribution in [3.05, 3.63) is 17.8 Å². The number of ether oxygens (including phenoxy) is 3. The highest BCUT2D eigenvalue weighted by molar-refractivity contribution is 7.98. The average molecular weight is 299 g/mol. The van der Waals surface area contributed by atoms with Crippen molar-refractivity contribution in [1.29, 1.82) is 0 Å². The summed E-state index contributed by atoms with van der Waals surface area (Å²) in [5.41, 5.74) is -1.13. The van der Waals surface area contributed by atoms with Crippen LogP contribution in [0.3, 0.4) is 0 Å². The molecule has 0 radical (unpaired) electrons. The first-order valence-corrected chi connectivity index (χ1v) is 6.93. The fourth-order valence-corrected chi connectivity index (χ4v) is 2.44. The Hall–Kier alpha value is -1.76. The molecule has 0 fully saturated rings. The Bertz CT molecular complexity index is 501. The third-order valence-electron chi connectivity index (χ3n) is 3.00. The Morgan fingerprint density at radius 1 is 1.20 bits per heavy atom. The van der Waals surface area contributed by atoms with E-state index in [1.165, 1.54) is 40.0 Å². The van der Waals surface area contributed by atoms with Gasteiger partial charge in [0.1, 0.15) is 0 Å². The minimum Gasteiger partial charge on any atom is -0.481 e. The van der Waals surface area contributed by atoms with Crippen LogP contribution in [0.15, 0.2) is 17.2 Å². The fraction of sp³-hybridized carbons (Fsp3) is 0.462. The van der Waals surface area contributed by atoms with E-state index in [9.17, 15) is 9.59 Å². The van der Waals surface area contributed by atoms with Crippen molar-refractivity contribution in [3.8, 4) is 5.88 Å². The van der Waals surface area contributed by atoms with Gasteiger partial charge in [0.05, 0.1) is 21.3 Å². The van der Waals surface area contributed by atoms with Crippen molar-refractivity contribution in [2.24, 2.45) is 0 Å². The number of hydrogen-bond donors (Lipinski definition) is 0. The average Bonchev–Trinajstić information content (AvgIpc) is 2.51. The van der Waals surface area contributed by atoms with Crippen LogP contribution in [-0.4, -0.2) is 44.5 Å². The Morgan fingerprint density at radius 3 is 2.15 bits per heavy atom. The maximum atomic E-state index is 12.1. The van der Waals surface area contributed by atoms with Crippen molar-refractivity contribution < 1.29 is 23.8 Å². The summed E-state index contributed by atoms with van der Waals surface area (Å²) in [4.78, 5) is 29.0. The van der Waals surface area contributed by atoms with Crippen molar-refractivity contribution >= 4 is 23.7 Å². The Kier molecular flexibility index (Phi) is 5.38. The first-order valence-electron chi connectivity index (χ1n) is 5.71. The quantitative estimate of drug-likeness (QED) is 0.462. The molecule has 0 aliphatic heterocycles. The van der Waals surface area contributed by atoms with Crippen LogP contribution in [0, 0.1) is 0 Å². The number of hydrogen-bond acceptors (Lipinski definition) is 7. The summed E-state index contributed by atoms with van der Waals surface area (Å²) in [5, 5.41) is 0. The zero-order chi connectivity index (χ0) is 15.3. The highest BCUT2D eigenvalue weighted by atomic mass is 32.2. The highest BCUT2D eigenvalue weighted by Crippen LogP contribution is 2.35. The van der Waals surface area contributed by atoms with Crippen LogP contribution in [0.2, 0.25) is 0 Å². The summed E-state index contributed by atoms with van der Waals surface area (Å²) in [7, 11) is 3.90. The van der Waals surface area contributed by atoms with E-state index in [4.69, 9.17) is 14.2 Å². The van der Waals surface area contributed by atoms with Gasteiger partial charge in [0.25, 0.3) is 0 Å². The van der Waals surface area contributed by atoms with E-state index in [1.807, 2.05) is 6.26 Å². The second-order valence-corrected chi connectivity index (χ2v) is 4.88. The van der Waals surface area contributed by atoms with Crippen LogP contribution >= 0.6 is 11.8 Å². The van der Waals surface area contributed by atoms with Gasteiger partial charge in [0.2, 0.25) is 5.88 Å². The summed E-state index contributed by atoms with van der Waals surface area (Å²) < 4.78 is 14.6. The van der Waals surface area contributed by atoms with E-state index in [2.05, 4.69) is 4.98 Å². The molecule has 0 saturated carbocycles. The smallest absolute Gasteiger partial charge is 0.327 e. The molecule has 7 heteroatoms. The Morgan fingerprint density at radius 2 is 1.75 bits per heavy atom. The predicted octanol–water partition coefficient (Wildman–Crippen LogP) is 1.42. The molecule has 1 heterocycles. The molecule has 1 rings (SSSR count). The standard InChI is InChI=1S/C13H17NO5S/c1-13(11(15)18-3,12(16)19-4)8-6-10(17-2)14-7-9(8)20-5/h6-7H,1-5H3. The number of rotatable bonds is 5. The second kappa shape index (κ2) is 6.60. The molecule has 0 aliphatic rings. The van der Waals surface area contributed by atoms with Crippen LogP contribution < -0.4 is 4.74 Å². The van der Waals surface area contributed by atoms with Gasteiger partial charge in [0.15, 0.2) is 5.41 Å². The molecule has 0 N–H and O–H groups in total. The van der Waals surface area contributed by atoms with Gasteiger partial charge in [-0.05, 0) is 13.2 Å². The van der Waals surface area contributed by atoms with Crippen molar-refractivity contribution in [1.82, 2.24) is 4.98 Å². The second-order valence-electron chi connectivity index (χ2n) is 4.04. The van der Waals surface area contributed by atoms with Crippen LogP contribution in [0.1, 0.15) is 12.5 Å². The maximum absolute atomic E-state index is 12.1. The van der Waals surface area contributed by atoms with Gasteiger partial charge in [-0.3, -0.25) is 9.59 Å². The Balaban J connectivity index is 3.55. The van der Waals surface area contributed by atoms with Gasteiger partial charge in [-0.15, -0.1) is 11.8 Å². The summed E-state index contributed by atoms with van der Waals surface area (Å²) in [6, 6.07) is 1.54. The SMILES string of the molecule is COC(=O)C(C)(C(=O)OC)c1cc(OC)ncc1SC. The molecule has 0 atom stereocenters. The number of pyridine rings is 1. The molecule has 0 aliphatic carbocycles. The zero-order valence-corrected chi connectivity index (χ0v) is 12.9. The summed E-state index contributed by atoms with van der Waals surface area (Å²) in [6.45, 7) is 1.46. The van der Waals surface area contributed by atoms with Gasteiger partial charge in [-0.2, -0.15) is 0 Å². The molecule has 20 heavy (non-hydrogen) atoms. The van der Waals surface area contributed by atoms with Gasteiger partial charge >= 0.3 is 11.9 Å². The molecule has 0 unspecified atom stereocenters. The first-order chi connectivity index (χ1) is 9.45. The van der Waals surface area contributed by atoms with E-state index in [0.29, 0.717) is 16.3 Å². The summed E-state index contributed by atoms with van der Waals surface area (Å²) in [6.07, 6.45) is 3.37. The summed E-state index contributed by atoms with van der Waals surface area (Å²) in [5.74, 6) is -1.10. The normalized spacial score (nSPS) is 10.8. The minimum atomic E-state index is -1.57. The number of nitrogens with zero attached hydrogens (tertiary/aromatic N) is 1. The van der Waals surface area contributed by atoms with Gasteiger partial charge in [-0.1, -0.05) is 0 Å². The lowest BCUT2D eigenvalue weighted by Crippen LogP contribution is -2.43. The van der Waals surface area contributed by atoms with Crippen LogP contribution in [0.25, 0.3) is 0 Å². The predicted molar refractivity (Wildman–Crippen MR) is 74.0 cm³/mol. The van der Waals surface area contributed by atoms with Gasteiger partial charge in [-0.25, -0.2) is 4.98 Å². The topological polar surface area (TPSA) is 74.7 Å². The van der Waals surface area contributed by atoms with Crippen molar-refractivity contribution in [3.63, 3.8) is 0 Å². The molecule has 1 aromatic heterocycles. The number of aromatic nitrogens is 1. The van der Waals surface area contributed by atoms with Crippen molar-refractivity contribution in [2.45, 2.75) is 17.2 Å². The molecule has 0 amide bonds. The zero-order valence-electron chi connectivity index (χ0n) is 12.1.